The fraction of sp³-hybridized carbons (Fsp3) is 0.429. The lowest BCUT2D eigenvalue weighted by molar-refractivity contribution is -0.143. The first-order chi connectivity index (χ1) is 16.4. The van der Waals surface area contributed by atoms with Crippen molar-refractivity contribution in [2.45, 2.75) is 49.9 Å². The summed E-state index contributed by atoms with van der Waals surface area (Å²) in [5.74, 6) is -6.49. The molecule has 0 aliphatic heterocycles. The molecule has 0 aromatic heterocycles. The van der Waals surface area contributed by atoms with E-state index in [9.17, 15) is 33.9 Å². The van der Waals surface area contributed by atoms with Gasteiger partial charge in [-0.25, -0.2) is 4.79 Å². The average Bonchev–Trinajstić information content (AvgIpc) is 2.79. The van der Waals surface area contributed by atoms with Crippen LogP contribution in [0.4, 0.5) is 0 Å². The van der Waals surface area contributed by atoms with Crippen LogP contribution in [0.15, 0.2) is 30.3 Å². The third-order valence-electron chi connectivity index (χ3n) is 4.76. The van der Waals surface area contributed by atoms with Crippen molar-refractivity contribution in [3.8, 4) is 0 Å². The first-order valence-electron chi connectivity index (χ1n) is 10.5. The summed E-state index contributed by atoms with van der Waals surface area (Å²) < 4.78 is 0. The molecule has 14 heteroatoms. The van der Waals surface area contributed by atoms with E-state index in [-0.39, 0.29) is 12.8 Å². The molecule has 35 heavy (non-hydrogen) atoms. The fourth-order valence-electron chi connectivity index (χ4n) is 2.89. The molecule has 4 amide bonds. The first-order valence-corrected chi connectivity index (χ1v) is 10.5. The average molecular weight is 495 g/mol. The number of carbonyl (C=O) groups is 6. The van der Waals surface area contributed by atoms with E-state index in [4.69, 9.17) is 21.7 Å². The molecule has 0 spiro atoms. The van der Waals surface area contributed by atoms with E-state index in [2.05, 4.69) is 16.0 Å². The summed E-state index contributed by atoms with van der Waals surface area (Å²) in [6.45, 7) is -0.901. The Morgan fingerprint density at radius 3 is 1.89 bits per heavy atom. The Labute approximate surface area is 200 Å². The topological polar surface area (TPSA) is 251 Å². The standard InChI is InChI=1S/C21H29N5O9/c22-12(6-7-17(29)30)18(31)24-14(9-16(23)28)20(33)25-13(8-11-4-2-1-3-5-11)19(32)26-15(10-27)21(34)35/h1-5,12-15,27H,6-10,22H2,(H2,23,28)(H,24,31)(H,25,33)(H,26,32)(H,29,30)(H,34,35). The molecule has 0 fully saturated rings. The highest BCUT2D eigenvalue weighted by Gasteiger charge is 2.31. The van der Waals surface area contributed by atoms with Gasteiger partial charge in [0, 0.05) is 12.8 Å². The summed E-state index contributed by atoms with van der Waals surface area (Å²) in [6.07, 6.45) is -1.39. The van der Waals surface area contributed by atoms with Crippen LogP contribution in [-0.2, 0) is 35.2 Å². The number of benzene rings is 1. The van der Waals surface area contributed by atoms with E-state index in [1.807, 2.05) is 0 Å². The maximum Gasteiger partial charge on any atom is 0.328 e. The van der Waals surface area contributed by atoms with Gasteiger partial charge < -0.3 is 42.7 Å². The summed E-state index contributed by atoms with van der Waals surface area (Å²) in [5, 5.41) is 33.6. The second-order valence-electron chi connectivity index (χ2n) is 7.60. The summed E-state index contributed by atoms with van der Waals surface area (Å²) >= 11 is 0. The molecule has 1 aromatic carbocycles. The van der Waals surface area contributed by atoms with E-state index in [1.54, 1.807) is 30.3 Å². The van der Waals surface area contributed by atoms with Gasteiger partial charge >= 0.3 is 11.9 Å². The zero-order valence-corrected chi connectivity index (χ0v) is 18.7. The molecule has 4 unspecified atom stereocenters. The SMILES string of the molecule is NC(=O)CC(NC(=O)C(N)CCC(=O)O)C(=O)NC(Cc1ccccc1)C(=O)NC(CO)C(=O)O. The highest BCUT2D eigenvalue weighted by Crippen LogP contribution is 2.06. The lowest BCUT2D eigenvalue weighted by atomic mass is 10.0. The van der Waals surface area contributed by atoms with Crippen molar-refractivity contribution in [3.05, 3.63) is 35.9 Å². The quantitative estimate of drug-likeness (QED) is 0.121. The summed E-state index contributed by atoms with van der Waals surface area (Å²) in [5.41, 5.74) is 11.4. The number of amides is 4. The zero-order chi connectivity index (χ0) is 26.5. The van der Waals surface area contributed by atoms with Crippen LogP contribution in [0.5, 0.6) is 0 Å². The van der Waals surface area contributed by atoms with E-state index >= 15 is 0 Å². The van der Waals surface area contributed by atoms with Crippen LogP contribution in [0.2, 0.25) is 0 Å². The smallest absolute Gasteiger partial charge is 0.328 e. The zero-order valence-electron chi connectivity index (χ0n) is 18.7. The molecule has 1 aromatic rings. The number of carboxylic acids is 2. The Bertz CT molecular complexity index is 925. The third kappa shape index (κ3) is 10.6. The third-order valence-corrected chi connectivity index (χ3v) is 4.76. The van der Waals surface area contributed by atoms with Crippen LogP contribution in [0.25, 0.3) is 0 Å². The molecule has 10 N–H and O–H groups in total. The van der Waals surface area contributed by atoms with Crippen molar-refractivity contribution in [2.24, 2.45) is 11.5 Å². The molecule has 0 aliphatic rings. The van der Waals surface area contributed by atoms with Gasteiger partial charge in [0.1, 0.15) is 18.1 Å². The monoisotopic (exact) mass is 495 g/mol. The lowest BCUT2D eigenvalue weighted by Crippen LogP contribution is -2.58. The van der Waals surface area contributed by atoms with Gasteiger partial charge in [-0.05, 0) is 12.0 Å². The Kier molecular flexibility index (Phi) is 11.8. The number of carboxylic acid groups (broad SMARTS) is 2. The highest BCUT2D eigenvalue weighted by molar-refractivity contribution is 5.96. The molecule has 0 aliphatic carbocycles. The molecule has 0 heterocycles. The van der Waals surface area contributed by atoms with Crippen molar-refractivity contribution in [1.82, 2.24) is 16.0 Å². The second-order valence-corrected chi connectivity index (χ2v) is 7.60. The Morgan fingerprint density at radius 2 is 1.37 bits per heavy atom. The number of hydrogen-bond acceptors (Lipinski definition) is 8. The van der Waals surface area contributed by atoms with E-state index in [1.165, 1.54) is 0 Å². The second kappa shape index (κ2) is 14.3. The summed E-state index contributed by atoms with van der Waals surface area (Å²) in [4.78, 5) is 71.2. The molecule has 0 radical (unpaired) electrons. The van der Waals surface area contributed by atoms with Crippen molar-refractivity contribution in [3.63, 3.8) is 0 Å². The normalized spacial score (nSPS) is 14.0. The number of primary amides is 1. The van der Waals surface area contributed by atoms with Gasteiger partial charge in [0.15, 0.2) is 0 Å². The number of rotatable bonds is 15. The summed E-state index contributed by atoms with van der Waals surface area (Å²) in [6, 6.07) is 2.54. The number of nitrogens with two attached hydrogens (primary N) is 2. The molecule has 0 saturated carbocycles. The van der Waals surface area contributed by atoms with Crippen LogP contribution in [-0.4, -0.2) is 81.7 Å². The molecular weight excluding hydrogens is 466 g/mol. The molecule has 0 bridgehead atoms. The van der Waals surface area contributed by atoms with Gasteiger partial charge in [0.25, 0.3) is 0 Å². The van der Waals surface area contributed by atoms with Crippen LogP contribution in [0, 0.1) is 0 Å². The molecule has 14 nitrogen and oxygen atoms in total. The van der Waals surface area contributed by atoms with Gasteiger partial charge in [-0.2, -0.15) is 0 Å². The maximum absolute atomic E-state index is 12.9. The predicted molar refractivity (Wildman–Crippen MR) is 119 cm³/mol. The minimum absolute atomic E-state index is 0.0917. The van der Waals surface area contributed by atoms with Gasteiger partial charge in [0.2, 0.25) is 23.6 Å². The van der Waals surface area contributed by atoms with Gasteiger partial charge in [-0.1, -0.05) is 30.3 Å². The number of hydrogen-bond donors (Lipinski definition) is 8. The Balaban J connectivity index is 3.06. The molecule has 1 rings (SSSR count). The largest absolute Gasteiger partial charge is 0.481 e. The lowest BCUT2D eigenvalue weighted by Gasteiger charge is -2.24. The van der Waals surface area contributed by atoms with E-state index < -0.39 is 79.2 Å². The minimum Gasteiger partial charge on any atom is -0.481 e. The minimum atomic E-state index is -1.63. The van der Waals surface area contributed by atoms with Crippen molar-refractivity contribution >= 4 is 35.6 Å². The number of aliphatic hydroxyl groups excluding tert-OH is 1. The molecule has 192 valence electrons. The number of carbonyl (C=O) groups excluding carboxylic acids is 4. The molecule has 4 atom stereocenters. The van der Waals surface area contributed by atoms with Crippen molar-refractivity contribution < 1.29 is 44.1 Å². The number of aliphatic hydroxyl groups is 1. The van der Waals surface area contributed by atoms with Gasteiger partial charge in [-0.3, -0.25) is 24.0 Å². The fourth-order valence-corrected chi connectivity index (χ4v) is 2.89. The Morgan fingerprint density at radius 1 is 0.829 bits per heavy atom. The van der Waals surface area contributed by atoms with Crippen LogP contribution >= 0.6 is 0 Å². The van der Waals surface area contributed by atoms with Crippen molar-refractivity contribution in [2.75, 3.05) is 6.61 Å². The van der Waals surface area contributed by atoms with Gasteiger partial charge in [-0.15, -0.1) is 0 Å². The van der Waals surface area contributed by atoms with Crippen LogP contribution in [0.3, 0.4) is 0 Å². The number of aliphatic carboxylic acids is 2. The predicted octanol–water partition coefficient (Wildman–Crippen LogP) is -3.17. The molecule has 0 saturated heterocycles. The van der Waals surface area contributed by atoms with Gasteiger partial charge in [0.05, 0.1) is 19.1 Å². The highest BCUT2D eigenvalue weighted by atomic mass is 16.4. The summed E-state index contributed by atoms with van der Waals surface area (Å²) in [7, 11) is 0. The number of nitrogens with one attached hydrogen (secondary N) is 3. The molecular formula is C21H29N5O9. The Hall–Kier alpha value is -4.04. The van der Waals surface area contributed by atoms with Crippen LogP contribution < -0.4 is 27.4 Å². The van der Waals surface area contributed by atoms with Crippen molar-refractivity contribution in [1.29, 1.82) is 0 Å². The first kappa shape index (κ1) is 29.0. The van der Waals surface area contributed by atoms with Crippen LogP contribution in [0.1, 0.15) is 24.8 Å². The maximum atomic E-state index is 12.9. The van der Waals surface area contributed by atoms with E-state index in [0.717, 1.165) is 0 Å². The van der Waals surface area contributed by atoms with E-state index in [0.29, 0.717) is 5.56 Å².